The number of amides is 1. The van der Waals surface area contributed by atoms with E-state index in [0.29, 0.717) is 17.4 Å². The van der Waals surface area contributed by atoms with E-state index in [9.17, 15) is 4.79 Å². The Hall–Kier alpha value is -1.39. The molecular formula is C24H37N3O. The van der Waals surface area contributed by atoms with Crippen LogP contribution in [0.2, 0.25) is 0 Å². The van der Waals surface area contributed by atoms with Crippen LogP contribution in [0, 0.1) is 10.8 Å². The zero-order valence-corrected chi connectivity index (χ0v) is 17.8. The van der Waals surface area contributed by atoms with Crippen LogP contribution in [0.15, 0.2) is 30.3 Å². The molecule has 3 fully saturated rings. The highest BCUT2D eigenvalue weighted by atomic mass is 16.1. The Labute approximate surface area is 170 Å². The number of hydrogen-bond donors (Lipinski definition) is 2. The van der Waals surface area contributed by atoms with Gasteiger partial charge in [0.25, 0.3) is 0 Å². The first-order chi connectivity index (χ1) is 13.3. The quantitative estimate of drug-likeness (QED) is 0.755. The molecule has 0 unspecified atom stereocenters. The molecule has 4 rings (SSSR count). The standard InChI is InChI=1S/C24H37N3O/c1-22(2,21(25)28)24(10-7-11-24)27-14-12-23(3,13-15-27)17-26-20-16-19(20)18-8-5-4-6-9-18/h4-6,8-9,19-20,26H,7,10-17H2,1-3H3,(H2,25,28)/t19-,20+/m0/s1. The van der Waals surface area contributed by atoms with Crippen LogP contribution in [0.25, 0.3) is 0 Å². The SMILES string of the molecule is CC1(CN[C@@H]2C[C@H]2c2ccccc2)CCN(C2(C(C)(C)C(N)=O)CCC2)CC1. The number of likely N-dealkylation sites (tertiary alicyclic amines) is 1. The summed E-state index contributed by atoms with van der Waals surface area (Å²) in [5.74, 6) is 0.544. The van der Waals surface area contributed by atoms with Crippen LogP contribution >= 0.6 is 0 Å². The predicted octanol–water partition coefficient (Wildman–Crippen LogP) is 3.67. The topological polar surface area (TPSA) is 58.4 Å². The molecule has 0 aromatic heterocycles. The van der Waals surface area contributed by atoms with Crippen molar-refractivity contribution in [3.63, 3.8) is 0 Å². The lowest BCUT2D eigenvalue weighted by atomic mass is 9.58. The van der Waals surface area contributed by atoms with Gasteiger partial charge in [-0.05, 0) is 76.4 Å². The molecule has 1 saturated heterocycles. The van der Waals surface area contributed by atoms with Crippen LogP contribution in [0.4, 0.5) is 0 Å². The fraction of sp³-hybridized carbons (Fsp3) is 0.708. The second-order valence-corrected chi connectivity index (χ2v) is 10.4. The Kier molecular flexibility index (Phi) is 5.08. The number of rotatable bonds is 7. The van der Waals surface area contributed by atoms with Gasteiger partial charge in [0.15, 0.2) is 0 Å². The van der Waals surface area contributed by atoms with Crippen LogP contribution in [0.3, 0.4) is 0 Å². The van der Waals surface area contributed by atoms with Gasteiger partial charge in [-0.3, -0.25) is 9.69 Å². The largest absolute Gasteiger partial charge is 0.369 e. The average Bonchev–Trinajstić information content (AvgIpc) is 3.41. The van der Waals surface area contributed by atoms with E-state index in [-0.39, 0.29) is 11.4 Å². The Morgan fingerprint density at radius 2 is 1.82 bits per heavy atom. The van der Waals surface area contributed by atoms with Gasteiger partial charge in [0, 0.05) is 24.0 Å². The van der Waals surface area contributed by atoms with Crippen molar-refractivity contribution in [2.75, 3.05) is 19.6 Å². The molecule has 3 N–H and O–H groups in total. The minimum absolute atomic E-state index is 0.0114. The zero-order chi connectivity index (χ0) is 20.0. The minimum Gasteiger partial charge on any atom is -0.369 e. The van der Waals surface area contributed by atoms with Gasteiger partial charge >= 0.3 is 0 Å². The molecular weight excluding hydrogens is 346 g/mol. The molecule has 4 heteroatoms. The zero-order valence-electron chi connectivity index (χ0n) is 17.8. The maximum atomic E-state index is 12.1. The van der Waals surface area contributed by atoms with Gasteiger partial charge in [0.05, 0.1) is 5.41 Å². The van der Waals surface area contributed by atoms with E-state index in [2.05, 4.69) is 61.3 Å². The van der Waals surface area contributed by atoms with Crippen molar-refractivity contribution < 1.29 is 4.79 Å². The number of nitrogens with one attached hydrogen (secondary N) is 1. The van der Waals surface area contributed by atoms with Crippen LogP contribution in [-0.4, -0.2) is 42.0 Å². The normalized spacial score (nSPS) is 29.1. The van der Waals surface area contributed by atoms with E-state index >= 15 is 0 Å². The first-order valence-electron chi connectivity index (χ1n) is 11.1. The fourth-order valence-corrected chi connectivity index (χ4v) is 5.60. The number of nitrogens with zero attached hydrogens (tertiary/aromatic N) is 1. The highest BCUT2D eigenvalue weighted by molar-refractivity contribution is 5.82. The number of piperidine rings is 1. The smallest absolute Gasteiger partial charge is 0.224 e. The van der Waals surface area contributed by atoms with Crippen molar-refractivity contribution >= 4 is 5.91 Å². The summed E-state index contributed by atoms with van der Waals surface area (Å²) in [7, 11) is 0. The molecule has 1 heterocycles. The summed E-state index contributed by atoms with van der Waals surface area (Å²) in [4.78, 5) is 14.8. The third-order valence-electron chi connectivity index (χ3n) is 8.35. The number of hydrogen-bond acceptors (Lipinski definition) is 3. The third-order valence-corrected chi connectivity index (χ3v) is 8.35. The van der Waals surface area contributed by atoms with Crippen molar-refractivity contribution in [1.82, 2.24) is 10.2 Å². The minimum atomic E-state index is -0.450. The fourth-order valence-electron chi connectivity index (χ4n) is 5.60. The van der Waals surface area contributed by atoms with E-state index in [1.165, 1.54) is 31.2 Å². The lowest BCUT2D eigenvalue weighted by Gasteiger charge is -2.60. The summed E-state index contributed by atoms with van der Waals surface area (Å²) in [6.45, 7) is 9.82. The first-order valence-corrected chi connectivity index (χ1v) is 11.1. The summed E-state index contributed by atoms with van der Waals surface area (Å²) >= 11 is 0. The van der Waals surface area contributed by atoms with E-state index in [1.54, 1.807) is 0 Å². The first kappa shape index (κ1) is 19.9. The van der Waals surface area contributed by atoms with E-state index in [0.717, 1.165) is 32.5 Å². The van der Waals surface area contributed by atoms with E-state index in [4.69, 9.17) is 5.73 Å². The van der Waals surface area contributed by atoms with Crippen LogP contribution in [0.1, 0.15) is 70.8 Å². The van der Waals surface area contributed by atoms with Gasteiger partial charge < -0.3 is 11.1 Å². The highest BCUT2D eigenvalue weighted by Crippen LogP contribution is 2.52. The lowest BCUT2D eigenvalue weighted by molar-refractivity contribution is -0.147. The van der Waals surface area contributed by atoms with Gasteiger partial charge in [-0.25, -0.2) is 0 Å². The maximum Gasteiger partial charge on any atom is 0.224 e. The van der Waals surface area contributed by atoms with Gasteiger partial charge in [-0.2, -0.15) is 0 Å². The molecule has 154 valence electrons. The Morgan fingerprint density at radius 1 is 1.18 bits per heavy atom. The molecule has 2 aliphatic carbocycles. The van der Waals surface area contributed by atoms with Crippen molar-refractivity contribution in [3.8, 4) is 0 Å². The Balaban J connectivity index is 1.31. The van der Waals surface area contributed by atoms with Gasteiger partial charge in [-0.1, -0.05) is 37.3 Å². The summed E-state index contributed by atoms with van der Waals surface area (Å²) in [6.07, 6.45) is 7.09. The van der Waals surface area contributed by atoms with E-state index in [1.807, 2.05) is 0 Å². The maximum absolute atomic E-state index is 12.1. The summed E-state index contributed by atoms with van der Waals surface area (Å²) in [6, 6.07) is 11.5. The van der Waals surface area contributed by atoms with Gasteiger partial charge in [0.1, 0.15) is 0 Å². The molecule has 0 bridgehead atoms. The molecule has 28 heavy (non-hydrogen) atoms. The van der Waals surface area contributed by atoms with Gasteiger partial charge in [0.2, 0.25) is 5.91 Å². The molecule has 4 nitrogen and oxygen atoms in total. The monoisotopic (exact) mass is 383 g/mol. The molecule has 3 aliphatic rings. The molecule has 1 aromatic carbocycles. The number of nitrogens with two attached hydrogens (primary N) is 1. The second-order valence-electron chi connectivity index (χ2n) is 10.4. The van der Waals surface area contributed by atoms with Crippen molar-refractivity contribution in [3.05, 3.63) is 35.9 Å². The molecule has 1 aliphatic heterocycles. The second kappa shape index (κ2) is 7.14. The molecule has 2 atom stereocenters. The Morgan fingerprint density at radius 3 is 2.36 bits per heavy atom. The molecule has 2 saturated carbocycles. The number of benzene rings is 1. The predicted molar refractivity (Wildman–Crippen MR) is 114 cm³/mol. The molecule has 0 radical (unpaired) electrons. The van der Waals surface area contributed by atoms with Crippen molar-refractivity contribution in [2.24, 2.45) is 16.6 Å². The summed E-state index contributed by atoms with van der Waals surface area (Å²) in [5, 5.41) is 3.85. The van der Waals surface area contributed by atoms with Crippen molar-refractivity contribution in [2.45, 2.75) is 76.8 Å². The van der Waals surface area contributed by atoms with Crippen LogP contribution in [-0.2, 0) is 4.79 Å². The van der Waals surface area contributed by atoms with Crippen LogP contribution < -0.4 is 11.1 Å². The molecule has 0 spiro atoms. The highest BCUT2D eigenvalue weighted by Gasteiger charge is 2.56. The number of primary amides is 1. The molecule has 1 aromatic rings. The third kappa shape index (κ3) is 3.39. The van der Waals surface area contributed by atoms with Crippen LogP contribution in [0.5, 0.6) is 0 Å². The summed E-state index contributed by atoms with van der Waals surface area (Å²) < 4.78 is 0. The van der Waals surface area contributed by atoms with Crippen molar-refractivity contribution in [1.29, 1.82) is 0 Å². The number of carbonyl (C=O) groups excluding carboxylic acids is 1. The van der Waals surface area contributed by atoms with Gasteiger partial charge in [-0.15, -0.1) is 0 Å². The Bertz CT molecular complexity index is 702. The lowest BCUT2D eigenvalue weighted by Crippen LogP contribution is -2.67. The average molecular weight is 384 g/mol. The molecule has 1 amide bonds. The summed E-state index contributed by atoms with van der Waals surface area (Å²) in [5.41, 5.74) is 7.16. The number of carbonyl (C=O) groups is 1. The van der Waals surface area contributed by atoms with E-state index < -0.39 is 5.41 Å².